The van der Waals surface area contributed by atoms with Crippen LogP contribution in [0.3, 0.4) is 0 Å². The molecule has 0 unspecified atom stereocenters. The largest absolute Gasteiger partial charge is 0.383 e. The van der Waals surface area contributed by atoms with Gasteiger partial charge in [-0.15, -0.1) is 0 Å². The Kier molecular flexibility index (Phi) is 6.36. The summed E-state index contributed by atoms with van der Waals surface area (Å²) < 4.78 is 6.76. The average molecular weight is 394 g/mol. The van der Waals surface area contributed by atoms with Gasteiger partial charge in [-0.1, -0.05) is 18.2 Å². The molecular formula is C21H22N4O4. The number of hydrogen-bond acceptors (Lipinski definition) is 5. The SMILES string of the molecule is COC[C@@H](C)NC(=O)Cc1cn(-c2ccccc2)nc1-c1ccc([N+](=O)[O-])cc1. The summed E-state index contributed by atoms with van der Waals surface area (Å²) in [5.74, 6) is -0.148. The van der Waals surface area contributed by atoms with E-state index in [4.69, 9.17) is 4.74 Å². The van der Waals surface area contributed by atoms with Crippen LogP contribution in [0.1, 0.15) is 12.5 Å². The molecule has 0 bridgehead atoms. The van der Waals surface area contributed by atoms with E-state index in [9.17, 15) is 14.9 Å². The number of methoxy groups -OCH3 is 1. The summed E-state index contributed by atoms with van der Waals surface area (Å²) in [7, 11) is 1.58. The number of nitrogens with zero attached hydrogens (tertiary/aromatic N) is 3. The van der Waals surface area contributed by atoms with Crippen LogP contribution < -0.4 is 5.32 Å². The molecule has 0 aliphatic heterocycles. The van der Waals surface area contributed by atoms with Gasteiger partial charge in [-0.05, 0) is 31.2 Å². The third-order valence-electron chi connectivity index (χ3n) is 4.34. The maximum Gasteiger partial charge on any atom is 0.269 e. The zero-order chi connectivity index (χ0) is 20.8. The van der Waals surface area contributed by atoms with E-state index < -0.39 is 4.92 Å². The molecular weight excluding hydrogens is 372 g/mol. The molecule has 0 fully saturated rings. The van der Waals surface area contributed by atoms with Crippen molar-refractivity contribution in [1.29, 1.82) is 0 Å². The zero-order valence-corrected chi connectivity index (χ0v) is 16.2. The molecule has 2 aromatic carbocycles. The number of para-hydroxylation sites is 1. The number of aromatic nitrogens is 2. The van der Waals surface area contributed by atoms with E-state index in [1.54, 1.807) is 23.9 Å². The predicted molar refractivity (Wildman–Crippen MR) is 109 cm³/mol. The zero-order valence-electron chi connectivity index (χ0n) is 16.2. The molecule has 29 heavy (non-hydrogen) atoms. The van der Waals surface area contributed by atoms with Gasteiger partial charge in [-0.3, -0.25) is 14.9 Å². The van der Waals surface area contributed by atoms with Crippen molar-refractivity contribution in [3.63, 3.8) is 0 Å². The molecule has 3 rings (SSSR count). The molecule has 1 atom stereocenters. The van der Waals surface area contributed by atoms with Gasteiger partial charge in [0.05, 0.1) is 29.3 Å². The van der Waals surface area contributed by atoms with E-state index in [1.807, 2.05) is 43.5 Å². The number of non-ortho nitro benzene ring substituents is 1. The number of nitro groups is 1. The Hall–Kier alpha value is -3.52. The third-order valence-corrected chi connectivity index (χ3v) is 4.34. The summed E-state index contributed by atoms with van der Waals surface area (Å²) in [6, 6.07) is 15.6. The highest BCUT2D eigenvalue weighted by Crippen LogP contribution is 2.26. The smallest absolute Gasteiger partial charge is 0.269 e. The lowest BCUT2D eigenvalue weighted by molar-refractivity contribution is -0.384. The lowest BCUT2D eigenvalue weighted by Crippen LogP contribution is -2.36. The van der Waals surface area contributed by atoms with Crippen molar-refractivity contribution in [1.82, 2.24) is 15.1 Å². The van der Waals surface area contributed by atoms with Crippen LogP contribution in [0.5, 0.6) is 0 Å². The molecule has 150 valence electrons. The molecule has 1 amide bonds. The monoisotopic (exact) mass is 394 g/mol. The molecule has 0 aliphatic carbocycles. The number of hydrogen-bond donors (Lipinski definition) is 1. The van der Waals surface area contributed by atoms with Crippen molar-refractivity contribution < 1.29 is 14.5 Å². The van der Waals surface area contributed by atoms with Gasteiger partial charge >= 0.3 is 0 Å². The maximum absolute atomic E-state index is 12.5. The molecule has 0 spiro atoms. The summed E-state index contributed by atoms with van der Waals surface area (Å²) in [5.41, 5.74) is 2.90. The Bertz CT molecular complexity index is 984. The van der Waals surface area contributed by atoms with Crippen LogP contribution in [-0.2, 0) is 16.0 Å². The average Bonchev–Trinajstić information content (AvgIpc) is 3.12. The first-order valence-electron chi connectivity index (χ1n) is 9.15. The number of rotatable bonds is 8. The molecule has 0 saturated carbocycles. The highest BCUT2D eigenvalue weighted by atomic mass is 16.6. The van der Waals surface area contributed by atoms with E-state index in [1.165, 1.54) is 12.1 Å². The van der Waals surface area contributed by atoms with Gasteiger partial charge < -0.3 is 10.1 Å². The van der Waals surface area contributed by atoms with Crippen LogP contribution in [0.4, 0.5) is 5.69 Å². The Morgan fingerprint density at radius 3 is 2.52 bits per heavy atom. The first-order chi connectivity index (χ1) is 14.0. The lowest BCUT2D eigenvalue weighted by Gasteiger charge is -2.12. The number of carbonyl (C=O) groups excluding carboxylic acids is 1. The molecule has 1 N–H and O–H groups in total. The van der Waals surface area contributed by atoms with Crippen LogP contribution in [0.25, 0.3) is 16.9 Å². The van der Waals surface area contributed by atoms with E-state index in [0.29, 0.717) is 17.9 Å². The van der Waals surface area contributed by atoms with Crippen molar-refractivity contribution >= 4 is 11.6 Å². The van der Waals surface area contributed by atoms with Crippen LogP contribution in [0.2, 0.25) is 0 Å². The van der Waals surface area contributed by atoms with Crippen LogP contribution in [-0.4, -0.2) is 40.4 Å². The molecule has 3 aromatic rings. The normalized spacial score (nSPS) is 11.8. The van der Waals surface area contributed by atoms with Gasteiger partial charge in [0.25, 0.3) is 5.69 Å². The van der Waals surface area contributed by atoms with Crippen LogP contribution in [0, 0.1) is 10.1 Å². The molecule has 0 aliphatic rings. The van der Waals surface area contributed by atoms with Crippen LogP contribution >= 0.6 is 0 Å². The van der Waals surface area contributed by atoms with Crippen molar-refractivity contribution in [3.8, 4) is 16.9 Å². The van der Waals surface area contributed by atoms with Gasteiger partial charge in [-0.2, -0.15) is 5.10 Å². The van der Waals surface area contributed by atoms with Crippen LogP contribution in [0.15, 0.2) is 60.8 Å². The highest BCUT2D eigenvalue weighted by molar-refractivity contribution is 5.81. The first kappa shape index (κ1) is 20.2. The second-order valence-corrected chi connectivity index (χ2v) is 6.69. The maximum atomic E-state index is 12.5. The fourth-order valence-electron chi connectivity index (χ4n) is 3.03. The fourth-order valence-corrected chi connectivity index (χ4v) is 3.03. The second kappa shape index (κ2) is 9.11. The number of amides is 1. The van der Waals surface area contributed by atoms with Crippen molar-refractivity contribution in [2.75, 3.05) is 13.7 Å². The molecule has 0 saturated heterocycles. The van der Waals surface area contributed by atoms with Crippen molar-refractivity contribution in [2.24, 2.45) is 0 Å². The Morgan fingerprint density at radius 2 is 1.90 bits per heavy atom. The van der Waals surface area contributed by atoms with E-state index >= 15 is 0 Å². The van der Waals surface area contributed by atoms with Gasteiger partial charge in [0.15, 0.2) is 0 Å². The molecule has 8 nitrogen and oxygen atoms in total. The Balaban J connectivity index is 1.93. The summed E-state index contributed by atoms with van der Waals surface area (Å²) in [6.45, 7) is 2.29. The van der Waals surface area contributed by atoms with Gasteiger partial charge in [-0.25, -0.2) is 4.68 Å². The number of carbonyl (C=O) groups is 1. The van der Waals surface area contributed by atoms with E-state index in [-0.39, 0.29) is 24.1 Å². The lowest BCUT2D eigenvalue weighted by atomic mass is 10.1. The molecule has 1 aromatic heterocycles. The minimum absolute atomic E-state index is 0.00363. The highest BCUT2D eigenvalue weighted by Gasteiger charge is 2.17. The minimum atomic E-state index is -0.447. The summed E-state index contributed by atoms with van der Waals surface area (Å²) >= 11 is 0. The summed E-state index contributed by atoms with van der Waals surface area (Å²) in [6.07, 6.45) is 1.94. The molecule has 8 heteroatoms. The van der Waals surface area contributed by atoms with Gasteiger partial charge in [0, 0.05) is 42.6 Å². The number of nitrogens with one attached hydrogen (secondary N) is 1. The van der Waals surface area contributed by atoms with E-state index in [0.717, 1.165) is 11.3 Å². The molecule has 1 heterocycles. The standard InChI is InChI=1S/C21H22N4O4/c1-15(14-29-2)22-20(26)12-17-13-24(18-6-4-3-5-7-18)23-21(17)16-8-10-19(11-9-16)25(27)28/h3-11,13,15H,12,14H2,1-2H3,(H,22,26)/t15-/m1/s1. The third kappa shape index (κ3) is 5.05. The summed E-state index contributed by atoms with van der Waals surface area (Å²) in [5, 5.41) is 18.5. The predicted octanol–water partition coefficient (Wildman–Crippen LogP) is 3.14. The first-order valence-corrected chi connectivity index (χ1v) is 9.15. The van der Waals surface area contributed by atoms with Crippen molar-refractivity contribution in [2.45, 2.75) is 19.4 Å². The van der Waals surface area contributed by atoms with E-state index in [2.05, 4.69) is 10.4 Å². The Labute approximate surface area is 168 Å². The second-order valence-electron chi connectivity index (χ2n) is 6.69. The number of ether oxygens (including phenoxy) is 1. The quantitative estimate of drug-likeness (QED) is 0.467. The molecule has 0 radical (unpaired) electrons. The van der Waals surface area contributed by atoms with Crippen molar-refractivity contribution in [3.05, 3.63) is 76.5 Å². The van der Waals surface area contributed by atoms with Gasteiger partial charge in [0.2, 0.25) is 5.91 Å². The fraction of sp³-hybridized carbons (Fsp3) is 0.238. The Morgan fingerprint density at radius 1 is 1.21 bits per heavy atom. The summed E-state index contributed by atoms with van der Waals surface area (Å²) in [4.78, 5) is 23.0. The number of benzene rings is 2. The van der Waals surface area contributed by atoms with Gasteiger partial charge in [0.1, 0.15) is 0 Å². The topological polar surface area (TPSA) is 99.3 Å². The number of nitro benzene ring substituents is 1. The minimum Gasteiger partial charge on any atom is -0.383 e.